The molecule has 1 unspecified atom stereocenters. The molecule has 1 amide bonds. The van der Waals surface area contributed by atoms with Gasteiger partial charge in [0.2, 0.25) is 11.8 Å². The molecule has 1 fully saturated rings. The lowest BCUT2D eigenvalue weighted by molar-refractivity contribution is -0.119. The summed E-state index contributed by atoms with van der Waals surface area (Å²) in [5, 5.41) is 7.03. The second-order valence-corrected chi connectivity index (χ2v) is 8.06. The van der Waals surface area contributed by atoms with Crippen molar-refractivity contribution in [3.05, 3.63) is 60.6 Å². The van der Waals surface area contributed by atoms with Crippen LogP contribution in [0.2, 0.25) is 0 Å². The Morgan fingerprint density at radius 2 is 2.00 bits per heavy atom. The normalized spacial score (nSPS) is 13.9. The number of carbonyl (C=O) groups is 2. The number of rotatable bonds is 10. The molecule has 1 atom stereocenters. The molecule has 0 aliphatic heterocycles. The number of ketones is 1. The van der Waals surface area contributed by atoms with Gasteiger partial charge in [-0.2, -0.15) is 5.10 Å². The van der Waals surface area contributed by atoms with Crippen molar-refractivity contribution in [2.45, 2.75) is 39.2 Å². The molecule has 3 aromatic rings. The summed E-state index contributed by atoms with van der Waals surface area (Å²) < 4.78 is 13.2. The molecule has 0 spiro atoms. The topological polar surface area (TPSA) is 95.3 Å². The molecule has 1 aliphatic carbocycles. The summed E-state index contributed by atoms with van der Waals surface area (Å²) in [6.07, 6.45) is 6.01. The number of carbonyl (C=O) groups excluding carboxylic acids is 2. The van der Waals surface area contributed by atoms with E-state index in [0.29, 0.717) is 28.9 Å². The van der Waals surface area contributed by atoms with E-state index in [1.807, 2.05) is 30.3 Å². The quantitative estimate of drug-likeness (QED) is 0.486. The van der Waals surface area contributed by atoms with Crippen LogP contribution in [-0.2, 0) is 4.79 Å². The number of hydrogen-bond donors (Lipinski definition) is 1. The molecule has 1 saturated carbocycles. The van der Waals surface area contributed by atoms with E-state index in [9.17, 15) is 9.59 Å². The number of Topliss-reactive ketones (excluding diaryl/α,β-unsaturated/α-hetero) is 1. The van der Waals surface area contributed by atoms with Crippen molar-refractivity contribution in [2.24, 2.45) is 5.92 Å². The second-order valence-electron chi connectivity index (χ2n) is 8.06. The predicted molar refractivity (Wildman–Crippen MR) is 118 cm³/mol. The third-order valence-electron chi connectivity index (χ3n) is 5.01. The minimum absolute atomic E-state index is 0.137. The van der Waals surface area contributed by atoms with Crippen LogP contribution in [-0.4, -0.2) is 39.1 Å². The maximum Gasteiger partial charge on any atom is 0.219 e. The highest BCUT2D eigenvalue weighted by Crippen LogP contribution is 2.30. The van der Waals surface area contributed by atoms with E-state index in [4.69, 9.17) is 9.47 Å². The van der Waals surface area contributed by atoms with Crippen molar-refractivity contribution in [1.29, 1.82) is 0 Å². The summed E-state index contributed by atoms with van der Waals surface area (Å²) >= 11 is 0. The molecule has 2 heterocycles. The zero-order valence-electron chi connectivity index (χ0n) is 18.2. The maximum atomic E-state index is 12.4. The van der Waals surface area contributed by atoms with Gasteiger partial charge >= 0.3 is 0 Å². The summed E-state index contributed by atoms with van der Waals surface area (Å²) in [6.45, 7) is 3.96. The van der Waals surface area contributed by atoms with Gasteiger partial charge in [-0.25, -0.2) is 9.67 Å². The first-order valence-electron chi connectivity index (χ1n) is 10.7. The lowest BCUT2D eigenvalue weighted by Crippen LogP contribution is -2.32. The summed E-state index contributed by atoms with van der Waals surface area (Å²) in [6, 6.07) is 12.5. The molecule has 4 rings (SSSR count). The Balaban J connectivity index is 1.36. The first-order valence-corrected chi connectivity index (χ1v) is 10.7. The van der Waals surface area contributed by atoms with Gasteiger partial charge in [0.1, 0.15) is 17.2 Å². The Kier molecular flexibility index (Phi) is 6.49. The van der Waals surface area contributed by atoms with Gasteiger partial charge in [-0.05, 0) is 49.9 Å². The average Bonchev–Trinajstić information content (AvgIpc) is 3.46. The predicted octanol–water partition coefficient (Wildman–Crippen LogP) is 3.95. The van der Waals surface area contributed by atoms with Crippen molar-refractivity contribution in [3.63, 3.8) is 0 Å². The standard InChI is InChI=1S/C24H26N4O4/c1-16(26-17(2)29)12-23(30)22-10-11-28(27-22)19-8-9-24(25-14-19)32-21-5-3-4-20(13-21)31-15-18-6-7-18/h3-5,8-11,13-14,16,18H,6-7,12,15H2,1-2H3,(H,26,29). The Labute approximate surface area is 186 Å². The number of aromatic nitrogens is 3. The summed E-state index contributed by atoms with van der Waals surface area (Å²) in [5.41, 5.74) is 1.04. The van der Waals surface area contributed by atoms with Crippen LogP contribution in [0.4, 0.5) is 0 Å². The fraction of sp³-hybridized carbons (Fsp3) is 0.333. The number of amides is 1. The van der Waals surface area contributed by atoms with Gasteiger partial charge < -0.3 is 14.8 Å². The van der Waals surface area contributed by atoms with E-state index in [1.165, 1.54) is 19.8 Å². The van der Waals surface area contributed by atoms with Crippen molar-refractivity contribution in [3.8, 4) is 23.1 Å². The average molecular weight is 434 g/mol. The molecular weight excluding hydrogens is 408 g/mol. The van der Waals surface area contributed by atoms with Gasteiger partial charge in [0.05, 0.1) is 18.5 Å². The molecule has 1 aliphatic rings. The Morgan fingerprint density at radius 1 is 1.19 bits per heavy atom. The Hall–Kier alpha value is -3.68. The Morgan fingerprint density at radius 3 is 2.72 bits per heavy atom. The smallest absolute Gasteiger partial charge is 0.219 e. The number of hydrogen-bond acceptors (Lipinski definition) is 6. The highest BCUT2D eigenvalue weighted by Gasteiger charge is 2.22. The van der Waals surface area contributed by atoms with E-state index >= 15 is 0 Å². The van der Waals surface area contributed by atoms with Crippen LogP contribution in [0.15, 0.2) is 54.9 Å². The van der Waals surface area contributed by atoms with Crippen LogP contribution in [0.25, 0.3) is 5.69 Å². The van der Waals surface area contributed by atoms with Crippen LogP contribution < -0.4 is 14.8 Å². The van der Waals surface area contributed by atoms with E-state index in [2.05, 4.69) is 15.4 Å². The van der Waals surface area contributed by atoms with Crippen LogP contribution in [0.3, 0.4) is 0 Å². The van der Waals surface area contributed by atoms with Crippen LogP contribution in [0.1, 0.15) is 43.6 Å². The number of benzene rings is 1. The number of pyridine rings is 1. The SMILES string of the molecule is CC(=O)NC(C)CC(=O)c1ccn(-c2ccc(Oc3cccc(OCC4CC4)c3)nc2)n1. The van der Waals surface area contributed by atoms with Gasteiger partial charge in [-0.3, -0.25) is 9.59 Å². The van der Waals surface area contributed by atoms with E-state index < -0.39 is 0 Å². The molecule has 1 N–H and O–H groups in total. The zero-order valence-corrected chi connectivity index (χ0v) is 18.2. The summed E-state index contributed by atoms with van der Waals surface area (Å²) in [5.74, 6) is 2.27. The Bertz CT molecular complexity index is 1090. The van der Waals surface area contributed by atoms with Crippen molar-refractivity contribution >= 4 is 11.7 Å². The first-order chi connectivity index (χ1) is 15.5. The molecule has 32 heavy (non-hydrogen) atoms. The number of nitrogens with zero attached hydrogens (tertiary/aromatic N) is 3. The largest absolute Gasteiger partial charge is 0.493 e. The zero-order chi connectivity index (χ0) is 22.5. The second kappa shape index (κ2) is 9.64. The molecule has 8 heteroatoms. The van der Waals surface area contributed by atoms with Crippen LogP contribution in [0, 0.1) is 5.92 Å². The fourth-order valence-corrected chi connectivity index (χ4v) is 3.21. The molecule has 166 valence electrons. The molecule has 2 aromatic heterocycles. The van der Waals surface area contributed by atoms with Gasteiger partial charge in [0.25, 0.3) is 0 Å². The van der Waals surface area contributed by atoms with Gasteiger partial charge in [-0.1, -0.05) is 6.07 Å². The van der Waals surface area contributed by atoms with Crippen molar-refractivity contribution < 1.29 is 19.1 Å². The lowest BCUT2D eigenvalue weighted by atomic mass is 10.1. The lowest BCUT2D eigenvalue weighted by Gasteiger charge is -2.10. The van der Waals surface area contributed by atoms with Crippen LogP contribution in [0.5, 0.6) is 17.4 Å². The molecule has 8 nitrogen and oxygen atoms in total. The number of ether oxygens (including phenoxy) is 2. The van der Waals surface area contributed by atoms with Crippen LogP contribution >= 0.6 is 0 Å². The van der Waals surface area contributed by atoms with E-state index in [0.717, 1.165) is 12.4 Å². The summed E-state index contributed by atoms with van der Waals surface area (Å²) in [4.78, 5) is 27.8. The first kappa shape index (κ1) is 21.5. The molecule has 0 saturated heterocycles. The maximum absolute atomic E-state index is 12.4. The third kappa shape index (κ3) is 5.94. The summed E-state index contributed by atoms with van der Waals surface area (Å²) in [7, 11) is 0. The van der Waals surface area contributed by atoms with Gasteiger partial charge in [0, 0.05) is 37.7 Å². The minimum atomic E-state index is -0.249. The molecule has 0 bridgehead atoms. The van der Waals surface area contributed by atoms with Gasteiger partial charge in [-0.15, -0.1) is 0 Å². The van der Waals surface area contributed by atoms with E-state index in [-0.39, 0.29) is 24.2 Å². The highest BCUT2D eigenvalue weighted by atomic mass is 16.5. The number of nitrogens with one attached hydrogen (secondary N) is 1. The monoisotopic (exact) mass is 434 g/mol. The molecule has 1 aromatic carbocycles. The third-order valence-corrected chi connectivity index (χ3v) is 5.01. The molecular formula is C24H26N4O4. The fourth-order valence-electron chi connectivity index (χ4n) is 3.21. The van der Waals surface area contributed by atoms with E-state index in [1.54, 1.807) is 36.1 Å². The molecule has 0 radical (unpaired) electrons. The van der Waals surface area contributed by atoms with Crippen molar-refractivity contribution in [2.75, 3.05) is 6.61 Å². The highest BCUT2D eigenvalue weighted by molar-refractivity contribution is 5.94. The van der Waals surface area contributed by atoms with Gasteiger partial charge in [0.15, 0.2) is 5.78 Å². The van der Waals surface area contributed by atoms with Crippen molar-refractivity contribution in [1.82, 2.24) is 20.1 Å². The minimum Gasteiger partial charge on any atom is -0.493 e.